The van der Waals surface area contributed by atoms with Crippen LogP contribution in [0.5, 0.6) is 0 Å². The van der Waals surface area contributed by atoms with Gasteiger partial charge in [-0.1, -0.05) is 54.2 Å². The molecule has 158 valence electrons. The fourth-order valence-corrected chi connectivity index (χ4v) is 4.02. The summed E-state index contributed by atoms with van der Waals surface area (Å²) >= 11 is 1.01. The average Bonchev–Trinajstić information content (AvgIpc) is 2.99. The van der Waals surface area contributed by atoms with Crippen LogP contribution in [-0.2, 0) is 22.5 Å². The number of ether oxygens (including phenoxy) is 1. The molecule has 3 amide bonds. The normalized spacial score (nSPS) is 16.3. The molecule has 0 aliphatic carbocycles. The molecule has 1 aliphatic heterocycles. The van der Waals surface area contributed by atoms with Gasteiger partial charge < -0.3 is 9.64 Å². The third-order valence-corrected chi connectivity index (χ3v) is 5.58. The van der Waals surface area contributed by atoms with E-state index in [1.165, 1.54) is 4.90 Å². The number of rotatable bonds is 5. The summed E-state index contributed by atoms with van der Waals surface area (Å²) in [6, 6.07) is 16.0. The Labute approximate surface area is 181 Å². The molecule has 1 N–H and O–H groups in total. The van der Waals surface area contributed by atoms with Crippen molar-refractivity contribution < 1.29 is 19.1 Å². The molecule has 1 unspecified atom stereocenters. The molecule has 30 heavy (non-hydrogen) atoms. The highest BCUT2D eigenvalue weighted by atomic mass is 32.2. The quantitative estimate of drug-likeness (QED) is 0.755. The Balaban J connectivity index is 1.89. The molecule has 6 nitrogen and oxygen atoms in total. The predicted octanol–water partition coefficient (Wildman–Crippen LogP) is 4.61. The second-order valence-corrected chi connectivity index (χ2v) is 9.45. The van der Waals surface area contributed by atoms with E-state index in [2.05, 4.69) is 5.32 Å². The summed E-state index contributed by atoms with van der Waals surface area (Å²) in [4.78, 5) is 37.6. The molecule has 1 fully saturated rings. The van der Waals surface area contributed by atoms with Crippen molar-refractivity contribution in [3.8, 4) is 11.1 Å². The van der Waals surface area contributed by atoms with Gasteiger partial charge in [-0.05, 0) is 55.5 Å². The number of nitrogens with zero attached hydrogens (tertiary/aromatic N) is 1. The highest BCUT2D eigenvalue weighted by molar-refractivity contribution is 8.15. The standard InChI is InChI=1S/C23H26N2O4S/c1-23(2,3)29-22(28)25(4)14-18-12-16(15-8-6-5-7-9-15)10-11-17(18)13-19-20(26)24-21(27)30-19/h5-12,19H,13-14H2,1-4H3,(H,24,26,27). The maximum absolute atomic E-state index is 12.5. The largest absolute Gasteiger partial charge is 0.444 e. The topological polar surface area (TPSA) is 75.7 Å². The van der Waals surface area contributed by atoms with Crippen molar-refractivity contribution in [3.05, 3.63) is 59.7 Å². The van der Waals surface area contributed by atoms with Crippen LogP contribution in [0.1, 0.15) is 31.9 Å². The fourth-order valence-electron chi connectivity index (χ4n) is 3.17. The number of benzene rings is 2. The van der Waals surface area contributed by atoms with E-state index >= 15 is 0 Å². The first kappa shape index (κ1) is 21.9. The minimum absolute atomic E-state index is 0.274. The monoisotopic (exact) mass is 426 g/mol. The van der Waals surface area contributed by atoms with Crippen molar-refractivity contribution in [2.75, 3.05) is 7.05 Å². The van der Waals surface area contributed by atoms with Crippen molar-refractivity contribution in [2.45, 2.75) is 44.6 Å². The van der Waals surface area contributed by atoms with Crippen molar-refractivity contribution in [3.63, 3.8) is 0 Å². The van der Waals surface area contributed by atoms with E-state index in [4.69, 9.17) is 4.74 Å². The molecule has 1 atom stereocenters. The molecule has 0 aromatic heterocycles. The van der Waals surface area contributed by atoms with E-state index in [0.717, 1.165) is 34.0 Å². The third-order valence-electron chi connectivity index (χ3n) is 4.60. The Morgan fingerprint density at radius 2 is 1.77 bits per heavy atom. The van der Waals surface area contributed by atoms with E-state index < -0.39 is 16.9 Å². The maximum atomic E-state index is 12.5. The molecular weight excluding hydrogens is 400 g/mol. The molecule has 1 saturated heterocycles. The van der Waals surface area contributed by atoms with E-state index in [1.54, 1.807) is 7.05 Å². The number of carbonyl (C=O) groups excluding carboxylic acids is 3. The lowest BCUT2D eigenvalue weighted by Gasteiger charge is -2.25. The molecule has 1 heterocycles. The Morgan fingerprint density at radius 3 is 2.37 bits per heavy atom. The maximum Gasteiger partial charge on any atom is 0.410 e. The van der Waals surface area contributed by atoms with Gasteiger partial charge >= 0.3 is 6.09 Å². The van der Waals surface area contributed by atoms with Crippen LogP contribution in [0.15, 0.2) is 48.5 Å². The lowest BCUT2D eigenvalue weighted by atomic mass is 9.96. The number of amides is 3. The van der Waals surface area contributed by atoms with E-state index in [9.17, 15) is 14.4 Å². The summed E-state index contributed by atoms with van der Waals surface area (Å²) in [5.41, 5.74) is 3.34. The van der Waals surface area contributed by atoms with E-state index in [0.29, 0.717) is 13.0 Å². The van der Waals surface area contributed by atoms with E-state index in [1.807, 2.05) is 69.3 Å². The van der Waals surface area contributed by atoms with E-state index in [-0.39, 0.29) is 11.1 Å². The zero-order valence-electron chi connectivity index (χ0n) is 17.6. The lowest BCUT2D eigenvalue weighted by Crippen LogP contribution is -2.34. The number of thioether (sulfide) groups is 1. The van der Waals surface area contributed by atoms with Gasteiger partial charge in [0.1, 0.15) is 5.60 Å². The Morgan fingerprint density at radius 1 is 1.07 bits per heavy atom. The summed E-state index contributed by atoms with van der Waals surface area (Å²) in [7, 11) is 1.69. The van der Waals surface area contributed by atoms with Crippen LogP contribution >= 0.6 is 11.8 Å². The number of imide groups is 1. The molecule has 7 heteroatoms. The first-order chi connectivity index (χ1) is 14.1. The molecule has 1 aliphatic rings. The van der Waals surface area contributed by atoms with Gasteiger partial charge in [0.15, 0.2) is 0 Å². The van der Waals surface area contributed by atoms with Gasteiger partial charge in [0.25, 0.3) is 5.24 Å². The predicted molar refractivity (Wildman–Crippen MR) is 118 cm³/mol. The molecule has 2 aromatic carbocycles. The number of hydrogen-bond acceptors (Lipinski definition) is 5. The minimum Gasteiger partial charge on any atom is -0.444 e. The number of carbonyl (C=O) groups is 3. The molecule has 3 rings (SSSR count). The molecular formula is C23H26N2O4S. The van der Waals surface area contributed by atoms with Crippen LogP contribution in [0.4, 0.5) is 9.59 Å². The van der Waals surface area contributed by atoms with Gasteiger partial charge in [0, 0.05) is 13.6 Å². The highest BCUT2D eigenvalue weighted by Gasteiger charge is 2.32. The van der Waals surface area contributed by atoms with Crippen LogP contribution in [-0.4, -0.2) is 40.0 Å². The molecule has 0 bridgehead atoms. The smallest absolute Gasteiger partial charge is 0.410 e. The van der Waals surface area contributed by atoms with Gasteiger partial charge in [0.05, 0.1) is 5.25 Å². The number of nitrogens with one attached hydrogen (secondary N) is 1. The second kappa shape index (κ2) is 8.92. The first-order valence-electron chi connectivity index (χ1n) is 9.75. The van der Waals surface area contributed by atoms with Gasteiger partial charge in [-0.3, -0.25) is 14.9 Å². The van der Waals surface area contributed by atoms with Crippen LogP contribution in [0.25, 0.3) is 11.1 Å². The molecule has 0 spiro atoms. The zero-order valence-corrected chi connectivity index (χ0v) is 18.4. The van der Waals surface area contributed by atoms with Crippen LogP contribution in [0.3, 0.4) is 0 Å². The Hall–Kier alpha value is -2.80. The molecule has 2 aromatic rings. The Bertz CT molecular complexity index is 953. The van der Waals surface area contributed by atoms with Crippen molar-refractivity contribution in [1.82, 2.24) is 10.2 Å². The summed E-state index contributed by atoms with van der Waals surface area (Å²) in [5, 5.41) is 1.54. The molecule has 0 radical (unpaired) electrons. The van der Waals surface area contributed by atoms with Gasteiger partial charge in [0.2, 0.25) is 5.91 Å². The van der Waals surface area contributed by atoms with Crippen LogP contribution in [0.2, 0.25) is 0 Å². The second-order valence-electron chi connectivity index (χ2n) is 8.27. The summed E-state index contributed by atoms with van der Waals surface area (Å²) < 4.78 is 5.47. The SMILES string of the molecule is CN(Cc1cc(-c2ccccc2)ccc1CC1SC(=O)NC1=O)C(=O)OC(C)(C)C. The lowest BCUT2D eigenvalue weighted by molar-refractivity contribution is -0.118. The van der Waals surface area contributed by atoms with Crippen LogP contribution < -0.4 is 5.32 Å². The van der Waals surface area contributed by atoms with Crippen LogP contribution in [0, 0.1) is 0 Å². The van der Waals surface area contributed by atoms with Crippen molar-refractivity contribution in [2.24, 2.45) is 0 Å². The van der Waals surface area contributed by atoms with Gasteiger partial charge in [-0.25, -0.2) is 4.79 Å². The highest BCUT2D eigenvalue weighted by Crippen LogP contribution is 2.28. The first-order valence-corrected chi connectivity index (χ1v) is 10.6. The average molecular weight is 427 g/mol. The third kappa shape index (κ3) is 5.63. The summed E-state index contributed by atoms with van der Waals surface area (Å²) in [5.74, 6) is -0.274. The molecule has 0 saturated carbocycles. The zero-order chi connectivity index (χ0) is 21.9. The van der Waals surface area contributed by atoms with Gasteiger partial charge in [-0.15, -0.1) is 0 Å². The van der Waals surface area contributed by atoms with Crippen molar-refractivity contribution in [1.29, 1.82) is 0 Å². The van der Waals surface area contributed by atoms with Gasteiger partial charge in [-0.2, -0.15) is 0 Å². The van der Waals surface area contributed by atoms with Crippen molar-refractivity contribution >= 4 is 29.0 Å². The summed E-state index contributed by atoms with van der Waals surface area (Å²) in [6.45, 7) is 5.81. The summed E-state index contributed by atoms with van der Waals surface area (Å²) in [6.07, 6.45) is -0.00356. The Kier molecular flexibility index (Phi) is 6.51. The minimum atomic E-state index is -0.584. The fraction of sp³-hybridized carbons (Fsp3) is 0.348. The number of hydrogen-bond donors (Lipinski definition) is 1.